The zero-order valence-electron chi connectivity index (χ0n) is 12.7. The Labute approximate surface area is 142 Å². The zero-order valence-corrected chi connectivity index (χ0v) is 14.3. The Bertz CT molecular complexity index is 768. The van der Waals surface area contributed by atoms with Gasteiger partial charge in [0, 0.05) is 16.6 Å². The average Bonchev–Trinajstić information content (AvgIpc) is 2.98. The van der Waals surface area contributed by atoms with Crippen LogP contribution in [0.25, 0.3) is 11.3 Å². The number of rotatable bonds is 5. The number of hydrogen-bond donors (Lipinski definition) is 0. The summed E-state index contributed by atoms with van der Waals surface area (Å²) in [5.74, 6) is 1.03. The van der Waals surface area contributed by atoms with Gasteiger partial charge in [0.05, 0.1) is 12.7 Å². The molecule has 0 aliphatic heterocycles. The van der Waals surface area contributed by atoms with Crippen LogP contribution in [0.3, 0.4) is 0 Å². The predicted octanol–water partition coefficient (Wildman–Crippen LogP) is 4.88. The summed E-state index contributed by atoms with van der Waals surface area (Å²) in [6.07, 6.45) is 1.68. The molecular weight excluding hydrogens is 359 g/mol. The molecule has 23 heavy (non-hydrogen) atoms. The summed E-state index contributed by atoms with van der Waals surface area (Å²) in [6.45, 7) is 1.42. The normalized spacial score (nSPS) is 11.1. The lowest BCUT2D eigenvalue weighted by Gasteiger charge is -2.14. The first-order chi connectivity index (χ1) is 11.1. The molecule has 0 fully saturated rings. The van der Waals surface area contributed by atoms with Crippen LogP contribution in [0.2, 0.25) is 0 Å². The molecule has 0 N–H and O–H groups in total. The van der Waals surface area contributed by atoms with Crippen LogP contribution in [0.15, 0.2) is 63.6 Å². The van der Waals surface area contributed by atoms with Crippen molar-refractivity contribution < 1.29 is 8.81 Å². The summed E-state index contributed by atoms with van der Waals surface area (Å²) >= 11 is 3.43. The molecule has 3 aromatic rings. The van der Waals surface area contributed by atoms with Gasteiger partial charge in [0.2, 0.25) is 5.89 Å². The second kappa shape index (κ2) is 7.06. The maximum Gasteiger partial charge on any atom is 0.209 e. The Morgan fingerprint density at radius 2 is 1.74 bits per heavy atom. The molecule has 1 heterocycles. The largest absolute Gasteiger partial charge is 0.439 e. The molecule has 118 valence electrons. The number of benzene rings is 2. The van der Waals surface area contributed by atoms with Crippen LogP contribution in [0.4, 0.5) is 4.39 Å². The minimum atomic E-state index is -0.261. The van der Waals surface area contributed by atoms with E-state index in [1.54, 1.807) is 18.3 Å². The molecule has 0 atom stereocenters. The maximum atomic E-state index is 13.0. The highest BCUT2D eigenvalue weighted by molar-refractivity contribution is 9.10. The van der Waals surface area contributed by atoms with E-state index in [4.69, 9.17) is 4.42 Å². The van der Waals surface area contributed by atoms with Crippen molar-refractivity contribution in [2.75, 3.05) is 7.05 Å². The van der Waals surface area contributed by atoms with Crippen molar-refractivity contribution in [1.82, 2.24) is 9.88 Å². The summed E-state index contributed by atoms with van der Waals surface area (Å²) < 4.78 is 19.8. The van der Waals surface area contributed by atoms with Gasteiger partial charge >= 0.3 is 0 Å². The van der Waals surface area contributed by atoms with Crippen molar-refractivity contribution in [3.8, 4) is 11.3 Å². The van der Waals surface area contributed by atoms with Crippen molar-refractivity contribution in [3.05, 3.63) is 76.5 Å². The molecule has 0 aliphatic carbocycles. The molecule has 0 unspecified atom stereocenters. The molecule has 0 amide bonds. The van der Waals surface area contributed by atoms with E-state index >= 15 is 0 Å². The van der Waals surface area contributed by atoms with Gasteiger partial charge in [-0.1, -0.05) is 28.1 Å². The van der Waals surface area contributed by atoms with Gasteiger partial charge in [-0.05, 0) is 49.0 Å². The van der Waals surface area contributed by atoms with Crippen molar-refractivity contribution in [2.24, 2.45) is 0 Å². The fourth-order valence-corrected chi connectivity index (χ4v) is 2.58. The molecule has 3 nitrogen and oxygen atoms in total. The highest BCUT2D eigenvalue weighted by Gasteiger charge is 2.09. The lowest BCUT2D eigenvalue weighted by Crippen LogP contribution is -2.17. The Kier molecular flexibility index (Phi) is 4.88. The minimum absolute atomic E-state index is 0.261. The molecule has 3 rings (SSSR count). The predicted molar refractivity (Wildman–Crippen MR) is 91.2 cm³/mol. The van der Waals surface area contributed by atoms with E-state index in [0.717, 1.165) is 16.6 Å². The Morgan fingerprint density at radius 1 is 1.04 bits per heavy atom. The van der Waals surface area contributed by atoms with E-state index in [1.807, 2.05) is 19.2 Å². The van der Waals surface area contributed by atoms with Crippen LogP contribution in [0.1, 0.15) is 11.5 Å². The van der Waals surface area contributed by atoms with E-state index < -0.39 is 0 Å². The van der Waals surface area contributed by atoms with Crippen LogP contribution >= 0.6 is 15.9 Å². The Balaban J connectivity index is 1.64. The van der Waals surface area contributed by atoms with Gasteiger partial charge in [-0.15, -0.1) is 0 Å². The van der Waals surface area contributed by atoms with Crippen molar-refractivity contribution in [3.63, 3.8) is 0 Å². The molecule has 0 spiro atoms. The van der Waals surface area contributed by atoms with E-state index in [9.17, 15) is 4.39 Å². The third-order valence-corrected chi connectivity index (χ3v) is 3.98. The van der Waals surface area contributed by atoms with Crippen molar-refractivity contribution in [2.45, 2.75) is 13.1 Å². The van der Waals surface area contributed by atoms with Crippen LogP contribution in [-0.2, 0) is 13.1 Å². The van der Waals surface area contributed by atoms with Gasteiger partial charge in [-0.25, -0.2) is 9.37 Å². The second-order valence-electron chi connectivity index (χ2n) is 5.42. The van der Waals surface area contributed by atoms with Gasteiger partial charge in [0.1, 0.15) is 5.82 Å². The fourth-order valence-electron chi connectivity index (χ4n) is 2.32. The molecule has 0 aliphatic rings. The number of oxazole rings is 1. The summed E-state index contributed by atoms with van der Waals surface area (Å²) in [5.41, 5.74) is 2.04. The Hall–Kier alpha value is -1.98. The molecule has 0 radical (unpaired) electrons. The minimum Gasteiger partial charge on any atom is -0.439 e. The second-order valence-corrected chi connectivity index (χ2v) is 6.34. The van der Waals surface area contributed by atoms with Gasteiger partial charge < -0.3 is 4.42 Å². The third-order valence-electron chi connectivity index (χ3n) is 3.45. The van der Waals surface area contributed by atoms with Gasteiger partial charge in [-0.3, -0.25) is 4.90 Å². The third kappa shape index (κ3) is 4.27. The van der Waals surface area contributed by atoms with Crippen LogP contribution < -0.4 is 0 Å². The van der Waals surface area contributed by atoms with Crippen LogP contribution in [0, 0.1) is 5.82 Å². The number of hydrogen-bond acceptors (Lipinski definition) is 3. The molecule has 2 aromatic carbocycles. The SMILES string of the molecule is CN(Cc1ccc(Br)cc1)Cc1ncc(-c2ccc(F)cc2)o1. The van der Waals surface area contributed by atoms with Crippen LogP contribution in [-0.4, -0.2) is 16.9 Å². The Morgan fingerprint density at radius 3 is 2.43 bits per heavy atom. The fraction of sp³-hybridized carbons (Fsp3) is 0.167. The van der Waals surface area contributed by atoms with Gasteiger partial charge in [0.25, 0.3) is 0 Å². The summed E-state index contributed by atoms with van der Waals surface area (Å²) in [6, 6.07) is 14.4. The first kappa shape index (κ1) is 15.9. The summed E-state index contributed by atoms with van der Waals surface area (Å²) in [4.78, 5) is 6.43. The zero-order chi connectivity index (χ0) is 16.2. The monoisotopic (exact) mass is 374 g/mol. The highest BCUT2D eigenvalue weighted by atomic mass is 79.9. The van der Waals surface area contributed by atoms with Crippen molar-refractivity contribution >= 4 is 15.9 Å². The molecule has 0 saturated heterocycles. The molecule has 1 aromatic heterocycles. The lowest BCUT2D eigenvalue weighted by atomic mass is 10.2. The number of nitrogens with zero attached hydrogens (tertiary/aromatic N) is 2. The van der Waals surface area contributed by atoms with E-state index in [-0.39, 0.29) is 5.82 Å². The molecule has 0 saturated carbocycles. The lowest BCUT2D eigenvalue weighted by molar-refractivity contribution is 0.283. The topological polar surface area (TPSA) is 29.3 Å². The average molecular weight is 375 g/mol. The molecule has 0 bridgehead atoms. The first-order valence-corrected chi connectivity index (χ1v) is 8.03. The maximum absolute atomic E-state index is 13.0. The smallest absolute Gasteiger partial charge is 0.209 e. The standard InChI is InChI=1S/C18H16BrFN2O/c1-22(11-13-2-6-15(19)7-3-13)12-18-21-10-17(23-18)14-4-8-16(20)9-5-14/h2-10H,11-12H2,1H3. The van der Waals surface area contributed by atoms with E-state index in [1.165, 1.54) is 17.7 Å². The van der Waals surface area contributed by atoms with E-state index in [0.29, 0.717) is 18.2 Å². The molecule has 5 heteroatoms. The van der Waals surface area contributed by atoms with E-state index in [2.05, 4.69) is 37.9 Å². The molecular formula is C18H16BrFN2O. The van der Waals surface area contributed by atoms with Gasteiger partial charge in [0.15, 0.2) is 5.76 Å². The van der Waals surface area contributed by atoms with Crippen molar-refractivity contribution in [1.29, 1.82) is 0 Å². The summed E-state index contributed by atoms with van der Waals surface area (Å²) in [7, 11) is 2.02. The number of aromatic nitrogens is 1. The van der Waals surface area contributed by atoms with Crippen LogP contribution in [0.5, 0.6) is 0 Å². The highest BCUT2D eigenvalue weighted by Crippen LogP contribution is 2.21. The first-order valence-electron chi connectivity index (χ1n) is 7.24. The quantitative estimate of drug-likeness (QED) is 0.637. The van der Waals surface area contributed by atoms with Gasteiger partial charge in [-0.2, -0.15) is 0 Å². The number of halogens is 2. The summed E-state index contributed by atoms with van der Waals surface area (Å²) in [5, 5.41) is 0.